The maximum atomic E-state index is 13.1. The largest absolute Gasteiger partial charge is 0.489 e. The highest BCUT2D eigenvalue weighted by molar-refractivity contribution is 7.89. The van der Waals surface area contributed by atoms with Gasteiger partial charge in [0.15, 0.2) is 0 Å². The monoisotopic (exact) mass is 573 g/mol. The number of rotatable bonds is 11. The van der Waals surface area contributed by atoms with Crippen LogP contribution in [0.1, 0.15) is 43.0 Å². The van der Waals surface area contributed by atoms with Crippen molar-refractivity contribution in [1.29, 1.82) is 0 Å². The van der Waals surface area contributed by atoms with Crippen molar-refractivity contribution < 1.29 is 22.7 Å². The van der Waals surface area contributed by atoms with E-state index in [1.165, 1.54) is 4.90 Å². The number of aromatic nitrogens is 1. The predicted molar refractivity (Wildman–Crippen MR) is 154 cm³/mol. The average Bonchev–Trinajstić information content (AvgIpc) is 2.90. The summed E-state index contributed by atoms with van der Waals surface area (Å²) in [4.78, 5) is 18.3. The van der Waals surface area contributed by atoms with E-state index in [0.29, 0.717) is 37.5 Å². The van der Waals surface area contributed by atoms with Crippen LogP contribution in [0.5, 0.6) is 11.5 Å². The number of nitrogens with one attached hydrogen (secondary N) is 1. The Kier molecular flexibility index (Phi) is 10.4. The Morgan fingerprint density at radius 3 is 2.59 bits per heavy atom. The van der Waals surface area contributed by atoms with Gasteiger partial charge in [-0.2, -0.15) is 0 Å². The number of hydrogen-bond donors (Lipinski definition) is 1. The van der Waals surface area contributed by atoms with Crippen LogP contribution >= 0.6 is 12.4 Å². The molecule has 1 amide bonds. The number of fused-ring (bicyclic) bond motifs is 1. The number of likely N-dealkylation sites (N-methyl/N-ethyl adjacent to an activating group) is 1. The summed E-state index contributed by atoms with van der Waals surface area (Å²) in [7, 11) is -2.08. The van der Waals surface area contributed by atoms with E-state index in [4.69, 9.17) is 9.47 Å². The molecule has 4 rings (SSSR count). The van der Waals surface area contributed by atoms with E-state index in [1.807, 2.05) is 80.6 Å². The van der Waals surface area contributed by atoms with Gasteiger partial charge in [0.25, 0.3) is 0 Å². The molecule has 1 aliphatic rings. The normalized spacial score (nSPS) is 15.8. The second kappa shape index (κ2) is 13.3. The Balaban J connectivity index is 0.00000420. The van der Waals surface area contributed by atoms with Crippen LogP contribution in [-0.4, -0.2) is 55.7 Å². The van der Waals surface area contributed by atoms with Crippen LogP contribution in [0.3, 0.4) is 0 Å². The Labute approximate surface area is 237 Å². The zero-order valence-corrected chi connectivity index (χ0v) is 24.1. The molecule has 1 aliphatic heterocycles. The van der Waals surface area contributed by atoms with Crippen molar-refractivity contribution in [3.8, 4) is 11.5 Å². The summed E-state index contributed by atoms with van der Waals surface area (Å²) < 4.78 is 40.7. The zero-order chi connectivity index (χ0) is 27.2. The molecular formula is C29H36ClN3O5S. The maximum absolute atomic E-state index is 13.1. The minimum Gasteiger partial charge on any atom is -0.489 e. The summed E-state index contributed by atoms with van der Waals surface area (Å²) in [6.45, 7) is 4.46. The van der Waals surface area contributed by atoms with Crippen molar-refractivity contribution in [1.82, 2.24) is 14.6 Å². The molecule has 0 bridgehead atoms. The number of carbonyl (C=O) groups is 1. The van der Waals surface area contributed by atoms with Gasteiger partial charge >= 0.3 is 0 Å². The highest BCUT2D eigenvalue weighted by Crippen LogP contribution is 2.43. The first-order chi connectivity index (χ1) is 18.1. The molecule has 0 saturated carbocycles. The van der Waals surface area contributed by atoms with Gasteiger partial charge in [-0.05, 0) is 56.2 Å². The molecule has 1 unspecified atom stereocenters. The molecule has 1 aromatic heterocycles. The molecule has 3 aromatic rings. The van der Waals surface area contributed by atoms with Gasteiger partial charge in [0.1, 0.15) is 23.7 Å². The lowest BCUT2D eigenvalue weighted by atomic mass is 9.85. The molecule has 0 spiro atoms. The lowest BCUT2D eigenvalue weighted by Gasteiger charge is -2.37. The van der Waals surface area contributed by atoms with Gasteiger partial charge in [0, 0.05) is 43.4 Å². The molecule has 0 aliphatic carbocycles. The van der Waals surface area contributed by atoms with E-state index in [9.17, 15) is 13.2 Å². The molecule has 2 aromatic carbocycles. The average molecular weight is 574 g/mol. The molecule has 0 fully saturated rings. The molecule has 2 heterocycles. The lowest BCUT2D eigenvalue weighted by molar-refractivity contribution is -0.128. The molecule has 1 atom stereocenters. The second-order valence-corrected chi connectivity index (χ2v) is 12.1. The Morgan fingerprint density at radius 2 is 1.87 bits per heavy atom. The van der Waals surface area contributed by atoms with Crippen LogP contribution in [0.2, 0.25) is 0 Å². The number of ether oxygens (including phenoxy) is 2. The van der Waals surface area contributed by atoms with Gasteiger partial charge in [-0.15, -0.1) is 12.4 Å². The summed E-state index contributed by atoms with van der Waals surface area (Å²) in [5.41, 5.74) is 2.18. The van der Waals surface area contributed by atoms with Crippen molar-refractivity contribution in [2.24, 2.45) is 0 Å². The number of nitrogens with zero attached hydrogens (tertiary/aromatic N) is 2. The van der Waals surface area contributed by atoms with Crippen LogP contribution in [0.15, 0.2) is 72.9 Å². The summed E-state index contributed by atoms with van der Waals surface area (Å²) in [6.07, 6.45) is 2.82. The molecule has 210 valence electrons. The summed E-state index contributed by atoms with van der Waals surface area (Å²) in [5, 5.41) is 0. The summed E-state index contributed by atoms with van der Waals surface area (Å²) >= 11 is 0. The number of benzene rings is 2. The van der Waals surface area contributed by atoms with E-state index in [-0.39, 0.29) is 36.5 Å². The zero-order valence-electron chi connectivity index (χ0n) is 22.5. The molecule has 0 saturated heterocycles. The van der Waals surface area contributed by atoms with E-state index >= 15 is 0 Å². The lowest BCUT2D eigenvalue weighted by Crippen LogP contribution is -2.42. The summed E-state index contributed by atoms with van der Waals surface area (Å²) in [5.74, 6) is 0.534. The van der Waals surface area contributed by atoms with E-state index in [0.717, 1.165) is 16.8 Å². The smallest absolute Gasteiger partial charge is 0.237 e. The van der Waals surface area contributed by atoms with Crippen molar-refractivity contribution in [3.05, 3.63) is 89.7 Å². The van der Waals surface area contributed by atoms with Crippen molar-refractivity contribution in [2.45, 2.75) is 44.8 Å². The van der Waals surface area contributed by atoms with Gasteiger partial charge in [0.05, 0.1) is 12.3 Å². The topological polar surface area (TPSA) is 97.8 Å². The van der Waals surface area contributed by atoms with Gasteiger partial charge in [0.2, 0.25) is 15.9 Å². The maximum Gasteiger partial charge on any atom is 0.237 e. The Morgan fingerprint density at radius 1 is 1.13 bits per heavy atom. The summed E-state index contributed by atoms with van der Waals surface area (Å²) in [6, 6.07) is 21.0. The first-order valence-electron chi connectivity index (χ1n) is 12.7. The van der Waals surface area contributed by atoms with Crippen LogP contribution in [0.4, 0.5) is 0 Å². The van der Waals surface area contributed by atoms with E-state index in [2.05, 4.69) is 9.71 Å². The van der Waals surface area contributed by atoms with Crippen molar-refractivity contribution in [2.75, 3.05) is 25.9 Å². The molecular weight excluding hydrogens is 538 g/mol. The number of amides is 1. The number of pyridine rings is 1. The van der Waals surface area contributed by atoms with Gasteiger partial charge in [-0.3, -0.25) is 9.78 Å². The number of carbonyl (C=O) groups excluding carboxylic acids is 1. The molecule has 8 nitrogen and oxygen atoms in total. The fourth-order valence-electron chi connectivity index (χ4n) is 4.54. The van der Waals surface area contributed by atoms with Crippen LogP contribution < -0.4 is 14.2 Å². The SMILES string of the molecule is CN(CCc1ccccn1)C(=O)CNS(=O)(=O)CC1CC(C)(C)Oc2ccc(OCc3ccccc3)cc21.Cl. The number of sulfonamides is 1. The van der Waals surface area contributed by atoms with E-state index < -0.39 is 15.6 Å². The van der Waals surface area contributed by atoms with E-state index in [1.54, 1.807) is 13.2 Å². The van der Waals surface area contributed by atoms with Gasteiger partial charge in [-0.25, -0.2) is 13.1 Å². The van der Waals surface area contributed by atoms with Gasteiger partial charge < -0.3 is 14.4 Å². The molecule has 1 N–H and O–H groups in total. The Hall–Kier alpha value is -3.14. The van der Waals surface area contributed by atoms with Crippen molar-refractivity contribution >= 4 is 28.3 Å². The minimum atomic E-state index is -3.74. The number of hydrogen-bond acceptors (Lipinski definition) is 6. The van der Waals surface area contributed by atoms with Crippen LogP contribution in [-0.2, 0) is 27.8 Å². The fraction of sp³-hybridized carbons (Fsp3) is 0.379. The minimum absolute atomic E-state index is 0. The molecule has 39 heavy (non-hydrogen) atoms. The highest BCUT2D eigenvalue weighted by atomic mass is 35.5. The third-order valence-corrected chi connectivity index (χ3v) is 7.94. The van der Waals surface area contributed by atoms with Crippen LogP contribution in [0, 0.1) is 0 Å². The molecule has 10 heteroatoms. The van der Waals surface area contributed by atoms with Crippen LogP contribution in [0.25, 0.3) is 0 Å². The first kappa shape index (κ1) is 30.4. The highest BCUT2D eigenvalue weighted by Gasteiger charge is 2.36. The quantitative estimate of drug-likeness (QED) is 0.366. The first-order valence-corrected chi connectivity index (χ1v) is 14.4. The standard InChI is InChI=1S/C29H35N3O5S.ClH/c1-29(2)18-23(26-17-25(12-13-27(26)37-29)36-20-22-9-5-4-6-10-22)21-38(34,35)31-19-28(33)32(3)16-14-24-11-7-8-15-30-24;/h4-13,15,17,23,31H,14,16,18-21H2,1-3H3;1H. The third-order valence-electron chi connectivity index (χ3n) is 6.51. The Bertz CT molecular complexity index is 1340. The third kappa shape index (κ3) is 8.95. The second-order valence-electron chi connectivity index (χ2n) is 10.2. The van der Waals surface area contributed by atoms with Crippen molar-refractivity contribution in [3.63, 3.8) is 0 Å². The molecule has 0 radical (unpaired) electrons. The fourth-order valence-corrected chi connectivity index (χ4v) is 5.83. The number of halogens is 1. The van der Waals surface area contributed by atoms with Gasteiger partial charge in [-0.1, -0.05) is 36.4 Å². The predicted octanol–water partition coefficient (Wildman–Crippen LogP) is 4.35.